The maximum atomic E-state index is 12.6. The minimum Gasteiger partial charge on any atom is -0.336 e. The van der Waals surface area contributed by atoms with Gasteiger partial charge in [-0.2, -0.15) is 0 Å². The molecule has 22 heavy (non-hydrogen) atoms. The van der Waals surface area contributed by atoms with E-state index >= 15 is 0 Å². The number of halogens is 2. The molecule has 0 saturated carbocycles. The Morgan fingerprint density at radius 2 is 1.95 bits per heavy atom. The Labute approximate surface area is 137 Å². The van der Waals surface area contributed by atoms with Gasteiger partial charge in [0.05, 0.1) is 12.4 Å². The zero-order valence-corrected chi connectivity index (χ0v) is 13.2. The second kappa shape index (κ2) is 5.94. The molecule has 0 unspecified atom stereocenters. The van der Waals surface area contributed by atoms with E-state index in [9.17, 15) is 4.79 Å². The van der Waals surface area contributed by atoms with E-state index in [4.69, 9.17) is 23.2 Å². The van der Waals surface area contributed by atoms with Crippen LogP contribution in [-0.2, 0) is 6.54 Å². The molecule has 0 radical (unpaired) electrons. The van der Waals surface area contributed by atoms with Crippen LogP contribution in [0.25, 0.3) is 5.65 Å². The van der Waals surface area contributed by atoms with Crippen molar-refractivity contribution in [2.75, 3.05) is 7.05 Å². The van der Waals surface area contributed by atoms with Gasteiger partial charge in [0.15, 0.2) is 5.65 Å². The van der Waals surface area contributed by atoms with Gasteiger partial charge in [-0.05, 0) is 23.8 Å². The van der Waals surface area contributed by atoms with Gasteiger partial charge in [-0.3, -0.25) is 14.2 Å². The molecule has 0 atom stereocenters. The summed E-state index contributed by atoms with van der Waals surface area (Å²) in [5.74, 6) is -0.144. The maximum Gasteiger partial charge on any atom is 0.272 e. The number of aromatic nitrogens is 3. The van der Waals surface area contributed by atoms with Crippen LogP contribution in [0.3, 0.4) is 0 Å². The fourth-order valence-corrected chi connectivity index (χ4v) is 2.82. The number of hydrogen-bond acceptors (Lipinski definition) is 3. The maximum absolute atomic E-state index is 12.6. The zero-order chi connectivity index (χ0) is 15.7. The van der Waals surface area contributed by atoms with Crippen molar-refractivity contribution in [1.82, 2.24) is 19.3 Å². The predicted molar refractivity (Wildman–Crippen MR) is 85.2 cm³/mol. The molecule has 0 bridgehead atoms. The van der Waals surface area contributed by atoms with Crippen LogP contribution in [0.2, 0.25) is 10.0 Å². The minimum absolute atomic E-state index is 0.144. The molecule has 0 aliphatic carbocycles. The van der Waals surface area contributed by atoms with E-state index in [1.807, 2.05) is 0 Å². The van der Waals surface area contributed by atoms with Gasteiger partial charge in [-0.15, -0.1) is 0 Å². The van der Waals surface area contributed by atoms with Gasteiger partial charge in [-0.1, -0.05) is 23.2 Å². The number of carbonyl (C=O) groups excluding carboxylic acids is 1. The first kappa shape index (κ1) is 14.8. The van der Waals surface area contributed by atoms with Crippen LogP contribution < -0.4 is 0 Å². The van der Waals surface area contributed by atoms with Gasteiger partial charge >= 0.3 is 0 Å². The number of carbonyl (C=O) groups is 1. The van der Waals surface area contributed by atoms with Gasteiger partial charge in [0.1, 0.15) is 5.69 Å². The Morgan fingerprint density at radius 3 is 2.68 bits per heavy atom. The third kappa shape index (κ3) is 2.91. The highest BCUT2D eigenvalue weighted by atomic mass is 35.5. The molecule has 1 amide bonds. The fourth-order valence-electron chi connectivity index (χ4n) is 2.24. The second-order valence-corrected chi connectivity index (χ2v) is 5.76. The number of hydrogen-bond donors (Lipinski definition) is 0. The number of benzene rings is 1. The van der Waals surface area contributed by atoms with E-state index in [0.29, 0.717) is 27.9 Å². The number of nitrogens with zero attached hydrogens (tertiary/aromatic N) is 4. The van der Waals surface area contributed by atoms with E-state index in [0.717, 1.165) is 5.56 Å². The smallest absolute Gasteiger partial charge is 0.272 e. The average Bonchev–Trinajstić information content (AvgIpc) is 2.89. The Kier molecular flexibility index (Phi) is 4.00. The molecule has 0 spiro atoms. The number of imidazole rings is 1. The summed E-state index contributed by atoms with van der Waals surface area (Å²) in [6.45, 7) is 0.400. The van der Waals surface area contributed by atoms with Crippen molar-refractivity contribution < 1.29 is 4.79 Å². The lowest BCUT2D eigenvalue weighted by Crippen LogP contribution is -2.27. The van der Waals surface area contributed by atoms with Gasteiger partial charge in [0.2, 0.25) is 0 Å². The lowest BCUT2D eigenvalue weighted by Gasteiger charge is -2.17. The number of rotatable bonds is 3. The lowest BCUT2D eigenvalue weighted by atomic mass is 10.2. The Balaban J connectivity index is 1.85. The Morgan fingerprint density at radius 1 is 1.23 bits per heavy atom. The Hall–Kier alpha value is -2.11. The van der Waals surface area contributed by atoms with Crippen LogP contribution in [0.5, 0.6) is 0 Å². The van der Waals surface area contributed by atoms with Crippen LogP contribution in [0.15, 0.2) is 43.0 Å². The fraction of sp³-hybridized carbons (Fsp3) is 0.133. The topological polar surface area (TPSA) is 50.5 Å². The summed E-state index contributed by atoms with van der Waals surface area (Å²) in [5.41, 5.74) is 1.97. The van der Waals surface area contributed by atoms with Gasteiger partial charge < -0.3 is 4.90 Å². The molecule has 2 aromatic heterocycles. The Bertz CT molecular complexity index is 826. The molecule has 3 rings (SSSR count). The highest BCUT2D eigenvalue weighted by Crippen LogP contribution is 2.20. The van der Waals surface area contributed by atoms with Gasteiger partial charge in [0.25, 0.3) is 5.91 Å². The minimum atomic E-state index is -0.144. The number of fused-ring (bicyclic) bond motifs is 1. The molecular weight excluding hydrogens is 323 g/mol. The van der Waals surface area contributed by atoms with E-state index in [2.05, 4.69) is 9.97 Å². The van der Waals surface area contributed by atoms with Crippen molar-refractivity contribution >= 4 is 34.8 Å². The summed E-state index contributed by atoms with van der Waals surface area (Å²) in [7, 11) is 1.72. The summed E-state index contributed by atoms with van der Waals surface area (Å²) in [6, 6.07) is 5.23. The molecule has 7 heteroatoms. The van der Waals surface area contributed by atoms with Crippen LogP contribution in [-0.4, -0.2) is 32.2 Å². The first-order chi connectivity index (χ1) is 10.5. The monoisotopic (exact) mass is 334 g/mol. The van der Waals surface area contributed by atoms with Crippen molar-refractivity contribution in [3.63, 3.8) is 0 Å². The predicted octanol–water partition coefficient (Wildman–Crippen LogP) is 3.31. The third-order valence-corrected chi connectivity index (χ3v) is 3.66. The molecule has 2 heterocycles. The van der Waals surface area contributed by atoms with Crippen molar-refractivity contribution in [1.29, 1.82) is 0 Å². The van der Waals surface area contributed by atoms with Crippen LogP contribution in [0, 0.1) is 0 Å². The first-order valence-corrected chi connectivity index (χ1v) is 7.27. The van der Waals surface area contributed by atoms with Crippen LogP contribution >= 0.6 is 23.2 Å². The normalized spacial score (nSPS) is 10.9. The standard InChI is InChI=1S/C15H12Cl2N4O/c1-20(9-10-4-11(16)6-12(17)5-10)15(22)13-7-19-14-8-18-2-3-21(13)14/h2-8H,9H2,1H3. The summed E-state index contributed by atoms with van der Waals surface area (Å²) in [4.78, 5) is 22.3. The molecule has 5 nitrogen and oxygen atoms in total. The van der Waals surface area contributed by atoms with Crippen LogP contribution in [0.1, 0.15) is 16.1 Å². The molecule has 0 aliphatic heterocycles. The van der Waals surface area contributed by atoms with Crippen molar-refractivity contribution in [3.05, 3.63) is 64.3 Å². The quantitative estimate of drug-likeness (QED) is 0.738. The first-order valence-electron chi connectivity index (χ1n) is 6.52. The molecule has 0 fully saturated rings. The van der Waals surface area contributed by atoms with Gasteiger partial charge in [-0.25, -0.2) is 4.98 Å². The van der Waals surface area contributed by atoms with Crippen molar-refractivity contribution in [2.45, 2.75) is 6.54 Å². The highest BCUT2D eigenvalue weighted by Gasteiger charge is 2.17. The van der Waals surface area contributed by atoms with Crippen molar-refractivity contribution in [3.8, 4) is 0 Å². The molecule has 112 valence electrons. The summed E-state index contributed by atoms with van der Waals surface area (Å²) in [5, 5.41) is 1.09. The van der Waals surface area contributed by atoms with Crippen LogP contribution in [0.4, 0.5) is 0 Å². The van der Waals surface area contributed by atoms with E-state index in [-0.39, 0.29) is 5.91 Å². The van der Waals surface area contributed by atoms with E-state index < -0.39 is 0 Å². The molecule has 0 N–H and O–H groups in total. The largest absolute Gasteiger partial charge is 0.336 e. The zero-order valence-electron chi connectivity index (χ0n) is 11.7. The highest BCUT2D eigenvalue weighted by molar-refractivity contribution is 6.34. The van der Waals surface area contributed by atoms with E-state index in [1.165, 1.54) is 0 Å². The van der Waals surface area contributed by atoms with E-state index in [1.54, 1.807) is 59.3 Å². The molecule has 1 aromatic carbocycles. The average molecular weight is 335 g/mol. The molecule has 3 aromatic rings. The molecular formula is C15H12Cl2N4O. The lowest BCUT2D eigenvalue weighted by molar-refractivity contribution is 0.0778. The molecule has 0 saturated heterocycles. The SMILES string of the molecule is CN(Cc1cc(Cl)cc(Cl)c1)C(=O)c1cnc2cnccn12. The summed E-state index contributed by atoms with van der Waals surface area (Å²) >= 11 is 12.0. The second-order valence-electron chi connectivity index (χ2n) is 4.89. The van der Waals surface area contributed by atoms with Crippen molar-refractivity contribution in [2.24, 2.45) is 0 Å². The molecule has 0 aliphatic rings. The third-order valence-electron chi connectivity index (χ3n) is 3.23. The number of amides is 1. The van der Waals surface area contributed by atoms with Gasteiger partial charge in [0, 0.05) is 36.0 Å². The summed E-state index contributed by atoms with van der Waals surface area (Å²) in [6.07, 6.45) is 6.47. The summed E-state index contributed by atoms with van der Waals surface area (Å²) < 4.78 is 1.71.